The molecule has 90 valence electrons. The molecule has 1 aliphatic heterocycles. The van der Waals surface area contributed by atoms with Crippen LogP contribution in [0.25, 0.3) is 5.57 Å². The highest BCUT2D eigenvalue weighted by Crippen LogP contribution is 2.27. The van der Waals surface area contributed by atoms with Crippen molar-refractivity contribution in [2.45, 2.75) is 6.92 Å². The van der Waals surface area contributed by atoms with Crippen LogP contribution in [0.3, 0.4) is 0 Å². The molecule has 2 rings (SSSR count). The molecule has 1 atom stereocenters. The number of likely N-dealkylation sites (N-methyl/N-ethyl adjacent to an activating group) is 1. The number of benzene rings is 1. The minimum absolute atomic E-state index is 0.411. The number of carbonyl (C=O) groups is 1. The maximum absolute atomic E-state index is 11.3. The van der Waals surface area contributed by atoms with Gasteiger partial charge in [0, 0.05) is 13.1 Å². The largest absolute Gasteiger partial charge is 0.481 e. The summed E-state index contributed by atoms with van der Waals surface area (Å²) >= 11 is 0. The standard InChI is InChI=1S/C14H17NO2/c1-2-15-9-8-12(13(10-15)14(16)17)11-6-4-3-5-7-11/h3-8,13H,2,9-10H2,1H3,(H,16,17). The minimum Gasteiger partial charge on any atom is -0.481 e. The topological polar surface area (TPSA) is 40.5 Å². The van der Waals surface area contributed by atoms with Gasteiger partial charge in [-0.2, -0.15) is 0 Å². The van der Waals surface area contributed by atoms with Gasteiger partial charge in [0.05, 0.1) is 5.92 Å². The predicted octanol–water partition coefficient (Wildman–Crippen LogP) is 2.11. The Morgan fingerprint density at radius 2 is 2.12 bits per heavy atom. The third-order valence-electron chi connectivity index (χ3n) is 3.24. The normalized spacial score (nSPS) is 21.0. The smallest absolute Gasteiger partial charge is 0.312 e. The molecule has 3 nitrogen and oxygen atoms in total. The van der Waals surface area contributed by atoms with Gasteiger partial charge in [-0.3, -0.25) is 9.69 Å². The molecule has 0 radical (unpaired) electrons. The zero-order valence-corrected chi connectivity index (χ0v) is 9.97. The first-order valence-electron chi connectivity index (χ1n) is 5.93. The van der Waals surface area contributed by atoms with Gasteiger partial charge in [-0.1, -0.05) is 43.3 Å². The fraction of sp³-hybridized carbons (Fsp3) is 0.357. The number of hydrogen-bond donors (Lipinski definition) is 1. The molecular formula is C14H17NO2. The lowest BCUT2D eigenvalue weighted by Crippen LogP contribution is -2.37. The van der Waals surface area contributed by atoms with Crippen molar-refractivity contribution in [2.75, 3.05) is 19.6 Å². The highest BCUT2D eigenvalue weighted by molar-refractivity contribution is 5.88. The van der Waals surface area contributed by atoms with E-state index in [0.29, 0.717) is 6.54 Å². The Morgan fingerprint density at radius 3 is 2.71 bits per heavy atom. The average Bonchev–Trinajstić information content (AvgIpc) is 2.39. The number of carboxylic acids is 1. The summed E-state index contributed by atoms with van der Waals surface area (Å²) < 4.78 is 0. The summed E-state index contributed by atoms with van der Waals surface area (Å²) in [5.41, 5.74) is 1.97. The molecule has 0 aliphatic carbocycles. The van der Waals surface area contributed by atoms with Gasteiger partial charge >= 0.3 is 5.97 Å². The van der Waals surface area contributed by atoms with E-state index in [2.05, 4.69) is 11.8 Å². The number of carboxylic acid groups (broad SMARTS) is 1. The fourth-order valence-electron chi connectivity index (χ4n) is 2.22. The van der Waals surface area contributed by atoms with Crippen LogP contribution in [-0.4, -0.2) is 35.6 Å². The lowest BCUT2D eigenvalue weighted by Gasteiger charge is -2.30. The van der Waals surface area contributed by atoms with Crippen molar-refractivity contribution in [2.24, 2.45) is 5.92 Å². The molecule has 1 aliphatic rings. The molecule has 0 fully saturated rings. The van der Waals surface area contributed by atoms with Gasteiger partial charge in [-0.15, -0.1) is 0 Å². The van der Waals surface area contributed by atoms with Crippen LogP contribution >= 0.6 is 0 Å². The van der Waals surface area contributed by atoms with E-state index >= 15 is 0 Å². The monoisotopic (exact) mass is 231 g/mol. The van der Waals surface area contributed by atoms with Gasteiger partial charge < -0.3 is 5.11 Å². The summed E-state index contributed by atoms with van der Waals surface area (Å²) in [6.07, 6.45) is 2.04. The van der Waals surface area contributed by atoms with Crippen LogP contribution in [0.5, 0.6) is 0 Å². The molecule has 1 unspecified atom stereocenters. The maximum Gasteiger partial charge on any atom is 0.312 e. The third-order valence-corrected chi connectivity index (χ3v) is 3.24. The second kappa shape index (κ2) is 5.15. The molecule has 1 heterocycles. The van der Waals surface area contributed by atoms with E-state index in [1.165, 1.54) is 0 Å². The zero-order valence-electron chi connectivity index (χ0n) is 9.97. The summed E-state index contributed by atoms with van der Waals surface area (Å²) in [7, 11) is 0. The Hall–Kier alpha value is -1.61. The van der Waals surface area contributed by atoms with E-state index < -0.39 is 11.9 Å². The van der Waals surface area contributed by atoms with Crippen molar-refractivity contribution in [1.82, 2.24) is 4.90 Å². The Kier molecular flexibility index (Phi) is 3.59. The molecule has 0 saturated heterocycles. The molecule has 0 bridgehead atoms. The van der Waals surface area contributed by atoms with Crippen molar-refractivity contribution in [3.63, 3.8) is 0 Å². The van der Waals surface area contributed by atoms with Gasteiger partial charge in [0.15, 0.2) is 0 Å². The summed E-state index contributed by atoms with van der Waals surface area (Å²) in [6, 6.07) is 9.79. The number of aliphatic carboxylic acids is 1. The first-order valence-corrected chi connectivity index (χ1v) is 5.93. The van der Waals surface area contributed by atoms with Crippen molar-refractivity contribution in [3.8, 4) is 0 Å². The Bertz CT molecular complexity index is 425. The molecule has 0 aromatic heterocycles. The van der Waals surface area contributed by atoms with Crippen LogP contribution in [0.1, 0.15) is 12.5 Å². The fourth-order valence-corrected chi connectivity index (χ4v) is 2.22. The van der Waals surface area contributed by atoms with E-state index in [0.717, 1.165) is 24.2 Å². The summed E-state index contributed by atoms with van der Waals surface area (Å²) in [6.45, 7) is 4.39. The quantitative estimate of drug-likeness (QED) is 0.866. The number of rotatable bonds is 3. The van der Waals surface area contributed by atoms with Crippen LogP contribution in [-0.2, 0) is 4.79 Å². The molecule has 0 amide bonds. The zero-order chi connectivity index (χ0) is 12.3. The van der Waals surface area contributed by atoms with Crippen molar-refractivity contribution in [3.05, 3.63) is 42.0 Å². The van der Waals surface area contributed by atoms with Gasteiger partial charge in [0.1, 0.15) is 0 Å². The van der Waals surface area contributed by atoms with Gasteiger partial charge in [0.2, 0.25) is 0 Å². The van der Waals surface area contributed by atoms with Crippen molar-refractivity contribution >= 4 is 11.5 Å². The van der Waals surface area contributed by atoms with E-state index in [9.17, 15) is 9.90 Å². The van der Waals surface area contributed by atoms with E-state index in [1.54, 1.807) is 0 Å². The maximum atomic E-state index is 11.3. The molecular weight excluding hydrogens is 214 g/mol. The van der Waals surface area contributed by atoms with Gasteiger partial charge in [-0.25, -0.2) is 0 Å². The predicted molar refractivity (Wildman–Crippen MR) is 67.7 cm³/mol. The van der Waals surface area contributed by atoms with E-state index in [1.807, 2.05) is 36.4 Å². The molecule has 0 saturated carbocycles. The highest BCUT2D eigenvalue weighted by atomic mass is 16.4. The van der Waals surface area contributed by atoms with Crippen LogP contribution in [0.2, 0.25) is 0 Å². The lowest BCUT2D eigenvalue weighted by atomic mass is 9.89. The van der Waals surface area contributed by atoms with Crippen molar-refractivity contribution in [1.29, 1.82) is 0 Å². The third kappa shape index (κ3) is 2.56. The highest BCUT2D eigenvalue weighted by Gasteiger charge is 2.28. The average molecular weight is 231 g/mol. The summed E-state index contributed by atoms with van der Waals surface area (Å²) in [5.74, 6) is -1.15. The first-order chi connectivity index (χ1) is 8.22. The SMILES string of the molecule is CCN1CC=C(c2ccccc2)C(C(=O)O)C1. The van der Waals surface area contributed by atoms with Crippen molar-refractivity contribution < 1.29 is 9.90 Å². The first kappa shape index (κ1) is 11.9. The van der Waals surface area contributed by atoms with Gasteiger partial charge in [-0.05, 0) is 17.7 Å². The summed E-state index contributed by atoms with van der Waals surface area (Å²) in [5, 5.41) is 9.32. The van der Waals surface area contributed by atoms with E-state index in [-0.39, 0.29) is 0 Å². The summed E-state index contributed by atoms with van der Waals surface area (Å²) in [4.78, 5) is 13.5. The van der Waals surface area contributed by atoms with Crippen LogP contribution < -0.4 is 0 Å². The lowest BCUT2D eigenvalue weighted by molar-refractivity contribution is -0.140. The second-order valence-electron chi connectivity index (χ2n) is 4.27. The number of hydrogen-bond acceptors (Lipinski definition) is 2. The number of nitrogens with zero attached hydrogens (tertiary/aromatic N) is 1. The molecule has 1 aromatic rings. The molecule has 3 heteroatoms. The van der Waals surface area contributed by atoms with Crippen LogP contribution in [0, 0.1) is 5.92 Å². The van der Waals surface area contributed by atoms with Gasteiger partial charge in [0.25, 0.3) is 0 Å². The molecule has 17 heavy (non-hydrogen) atoms. The Balaban J connectivity index is 2.31. The molecule has 0 spiro atoms. The second-order valence-corrected chi connectivity index (χ2v) is 4.27. The molecule has 1 N–H and O–H groups in total. The Labute approximate surface area is 101 Å². The van der Waals surface area contributed by atoms with Crippen LogP contribution in [0.15, 0.2) is 36.4 Å². The van der Waals surface area contributed by atoms with Crippen LogP contribution in [0.4, 0.5) is 0 Å². The minimum atomic E-state index is -0.738. The van der Waals surface area contributed by atoms with E-state index in [4.69, 9.17) is 0 Å². The molecule has 1 aromatic carbocycles. The Morgan fingerprint density at radius 1 is 1.41 bits per heavy atom.